The van der Waals surface area contributed by atoms with Crippen LogP contribution in [0.4, 0.5) is 0 Å². The first kappa shape index (κ1) is 10.5. The molecule has 0 radical (unpaired) electrons. The van der Waals surface area contributed by atoms with Gasteiger partial charge in [-0.25, -0.2) is 0 Å². The highest BCUT2D eigenvalue weighted by molar-refractivity contribution is 5.40. The average molecular weight is 205 g/mol. The van der Waals surface area contributed by atoms with E-state index in [0.717, 1.165) is 31.7 Å². The van der Waals surface area contributed by atoms with Crippen molar-refractivity contribution in [2.24, 2.45) is 0 Å². The Balaban J connectivity index is 2.20. The molecule has 1 aliphatic rings. The molecule has 2 heteroatoms. The molecule has 0 spiro atoms. The summed E-state index contributed by atoms with van der Waals surface area (Å²) in [7, 11) is 0. The van der Waals surface area contributed by atoms with Crippen LogP contribution in [-0.2, 0) is 6.42 Å². The molecule has 2 rings (SSSR count). The molecule has 1 aliphatic heterocycles. The van der Waals surface area contributed by atoms with Crippen molar-refractivity contribution in [3.63, 3.8) is 0 Å². The molecule has 15 heavy (non-hydrogen) atoms. The van der Waals surface area contributed by atoms with Crippen LogP contribution >= 0.6 is 0 Å². The highest BCUT2D eigenvalue weighted by Gasteiger charge is 2.15. The van der Waals surface area contributed by atoms with Gasteiger partial charge in [0.05, 0.1) is 6.61 Å². The molecule has 1 atom stereocenters. The van der Waals surface area contributed by atoms with Gasteiger partial charge in [-0.15, -0.1) is 0 Å². The lowest BCUT2D eigenvalue weighted by atomic mass is 10.0. The molecular weight excluding hydrogens is 186 g/mol. The Morgan fingerprint density at radius 3 is 3.00 bits per heavy atom. The van der Waals surface area contributed by atoms with Crippen molar-refractivity contribution in [3.8, 4) is 5.75 Å². The van der Waals surface area contributed by atoms with Crippen molar-refractivity contribution >= 4 is 0 Å². The summed E-state index contributed by atoms with van der Waals surface area (Å²) in [5, 5.41) is 3.50. The highest BCUT2D eigenvalue weighted by Crippen LogP contribution is 2.28. The lowest BCUT2D eigenvalue weighted by Crippen LogP contribution is -2.20. The van der Waals surface area contributed by atoms with Crippen molar-refractivity contribution in [2.45, 2.75) is 32.7 Å². The molecule has 1 aromatic rings. The zero-order chi connectivity index (χ0) is 10.7. The van der Waals surface area contributed by atoms with E-state index in [1.54, 1.807) is 0 Å². The van der Waals surface area contributed by atoms with Crippen molar-refractivity contribution < 1.29 is 4.74 Å². The molecule has 0 fully saturated rings. The maximum Gasteiger partial charge on any atom is 0.122 e. The normalized spacial score (nSPS) is 15.9. The third-order valence-corrected chi connectivity index (χ3v) is 2.97. The number of ether oxygens (including phenoxy) is 1. The van der Waals surface area contributed by atoms with E-state index in [4.69, 9.17) is 4.74 Å². The predicted molar refractivity (Wildman–Crippen MR) is 62.3 cm³/mol. The molecule has 0 saturated carbocycles. The van der Waals surface area contributed by atoms with Gasteiger partial charge < -0.3 is 10.1 Å². The minimum atomic E-state index is 0.487. The van der Waals surface area contributed by atoms with Gasteiger partial charge >= 0.3 is 0 Å². The van der Waals surface area contributed by atoms with Gasteiger partial charge in [-0.2, -0.15) is 0 Å². The van der Waals surface area contributed by atoms with Crippen LogP contribution in [0.2, 0.25) is 0 Å². The summed E-state index contributed by atoms with van der Waals surface area (Å²) in [5.74, 6) is 1.07. The molecular formula is C13H19NO. The summed E-state index contributed by atoms with van der Waals surface area (Å²) in [6.45, 7) is 6.24. The van der Waals surface area contributed by atoms with Crippen LogP contribution in [0.1, 0.15) is 37.4 Å². The number of hydrogen-bond donors (Lipinski definition) is 1. The first-order valence-corrected chi connectivity index (χ1v) is 5.84. The van der Waals surface area contributed by atoms with Crippen LogP contribution in [0.5, 0.6) is 5.75 Å². The number of fused-ring (bicyclic) bond motifs is 1. The van der Waals surface area contributed by atoms with Crippen LogP contribution in [0.25, 0.3) is 0 Å². The van der Waals surface area contributed by atoms with E-state index in [1.165, 1.54) is 11.1 Å². The van der Waals surface area contributed by atoms with E-state index < -0.39 is 0 Å². The first-order chi connectivity index (χ1) is 7.35. The van der Waals surface area contributed by atoms with E-state index in [0.29, 0.717) is 6.04 Å². The summed E-state index contributed by atoms with van der Waals surface area (Å²) >= 11 is 0. The Bertz CT molecular complexity index is 335. The molecule has 0 aromatic heterocycles. The van der Waals surface area contributed by atoms with Gasteiger partial charge in [-0.1, -0.05) is 26.0 Å². The van der Waals surface area contributed by atoms with Crippen LogP contribution in [0.3, 0.4) is 0 Å². The smallest absolute Gasteiger partial charge is 0.122 e. The quantitative estimate of drug-likeness (QED) is 0.816. The summed E-state index contributed by atoms with van der Waals surface area (Å²) in [6, 6.07) is 7.07. The largest absolute Gasteiger partial charge is 0.493 e. The van der Waals surface area contributed by atoms with Crippen LogP contribution < -0.4 is 10.1 Å². The van der Waals surface area contributed by atoms with Crippen molar-refractivity contribution in [3.05, 3.63) is 29.3 Å². The van der Waals surface area contributed by atoms with E-state index in [-0.39, 0.29) is 0 Å². The van der Waals surface area contributed by atoms with Gasteiger partial charge in [0.2, 0.25) is 0 Å². The lowest BCUT2D eigenvalue weighted by molar-refractivity contribution is 0.356. The van der Waals surface area contributed by atoms with Gasteiger partial charge in [0.1, 0.15) is 5.75 Å². The summed E-state index contributed by atoms with van der Waals surface area (Å²) in [6.07, 6.45) is 2.19. The fraction of sp³-hybridized carbons (Fsp3) is 0.538. The Hall–Kier alpha value is -1.02. The first-order valence-electron chi connectivity index (χ1n) is 5.84. The highest BCUT2D eigenvalue weighted by atomic mass is 16.5. The van der Waals surface area contributed by atoms with Crippen LogP contribution in [0.15, 0.2) is 18.2 Å². The lowest BCUT2D eigenvalue weighted by Gasteiger charge is -2.16. The minimum absolute atomic E-state index is 0.487. The van der Waals surface area contributed by atoms with Gasteiger partial charge in [0.15, 0.2) is 0 Å². The maximum atomic E-state index is 5.51. The van der Waals surface area contributed by atoms with E-state index in [2.05, 4.69) is 37.4 Å². The Labute approximate surface area is 91.6 Å². The zero-order valence-electron chi connectivity index (χ0n) is 9.55. The molecule has 2 nitrogen and oxygen atoms in total. The summed E-state index contributed by atoms with van der Waals surface area (Å²) in [5.41, 5.74) is 2.76. The van der Waals surface area contributed by atoms with E-state index in [1.807, 2.05) is 0 Å². The monoisotopic (exact) mass is 205 g/mol. The van der Waals surface area contributed by atoms with Crippen molar-refractivity contribution in [2.75, 3.05) is 13.2 Å². The fourth-order valence-corrected chi connectivity index (χ4v) is 2.17. The minimum Gasteiger partial charge on any atom is -0.493 e. The zero-order valence-corrected chi connectivity index (χ0v) is 9.55. The van der Waals surface area contributed by atoms with Gasteiger partial charge in [0.25, 0.3) is 0 Å². The molecule has 0 amide bonds. The molecule has 1 N–H and O–H groups in total. The molecule has 1 heterocycles. The molecule has 0 aliphatic carbocycles. The molecule has 1 unspecified atom stereocenters. The maximum absolute atomic E-state index is 5.51. The van der Waals surface area contributed by atoms with E-state index in [9.17, 15) is 0 Å². The Morgan fingerprint density at radius 2 is 2.27 bits per heavy atom. The summed E-state index contributed by atoms with van der Waals surface area (Å²) in [4.78, 5) is 0. The second-order valence-electron chi connectivity index (χ2n) is 3.98. The SMILES string of the molecule is CCNC(CC)c1ccc2c(c1)CCO2. The average Bonchev–Trinajstić information content (AvgIpc) is 2.72. The topological polar surface area (TPSA) is 21.3 Å². The predicted octanol–water partition coefficient (Wildman–Crippen LogP) is 2.68. The molecule has 0 bridgehead atoms. The van der Waals surface area contributed by atoms with Crippen molar-refractivity contribution in [1.82, 2.24) is 5.32 Å². The van der Waals surface area contributed by atoms with Gasteiger partial charge in [-0.3, -0.25) is 0 Å². The van der Waals surface area contributed by atoms with Crippen LogP contribution in [0, 0.1) is 0 Å². The van der Waals surface area contributed by atoms with Gasteiger partial charge in [-0.05, 0) is 30.2 Å². The molecule has 0 saturated heterocycles. The third kappa shape index (κ3) is 2.15. The molecule has 1 aromatic carbocycles. The Morgan fingerprint density at radius 1 is 1.40 bits per heavy atom. The third-order valence-electron chi connectivity index (χ3n) is 2.97. The summed E-state index contributed by atoms with van der Waals surface area (Å²) < 4.78 is 5.51. The second-order valence-corrected chi connectivity index (χ2v) is 3.98. The molecule has 82 valence electrons. The van der Waals surface area contributed by atoms with Crippen LogP contribution in [-0.4, -0.2) is 13.2 Å². The number of nitrogens with one attached hydrogen (secondary N) is 1. The standard InChI is InChI=1S/C13H19NO/c1-3-12(14-4-2)10-5-6-13-11(9-10)7-8-15-13/h5-6,9,12,14H,3-4,7-8H2,1-2H3. The second kappa shape index (κ2) is 4.67. The number of hydrogen-bond acceptors (Lipinski definition) is 2. The number of benzene rings is 1. The van der Waals surface area contributed by atoms with Crippen molar-refractivity contribution in [1.29, 1.82) is 0 Å². The Kier molecular flexibility index (Phi) is 3.27. The number of rotatable bonds is 4. The van der Waals surface area contributed by atoms with Gasteiger partial charge in [0, 0.05) is 12.5 Å². The van der Waals surface area contributed by atoms with E-state index >= 15 is 0 Å². The fourth-order valence-electron chi connectivity index (χ4n) is 2.17.